The van der Waals surface area contributed by atoms with E-state index in [1.54, 1.807) is 0 Å². The molecule has 0 spiro atoms. The van der Waals surface area contributed by atoms with Gasteiger partial charge in [0.25, 0.3) is 0 Å². The summed E-state index contributed by atoms with van der Waals surface area (Å²) in [4.78, 5) is 0. The fraction of sp³-hybridized carbons (Fsp3) is 1.00. The van der Waals surface area contributed by atoms with Gasteiger partial charge in [0.1, 0.15) is 0 Å². The van der Waals surface area contributed by atoms with Gasteiger partial charge in [-0.05, 0) is 29.1 Å². The maximum atomic E-state index is 2.43. The molecule has 0 aliphatic heterocycles. The second-order valence-electron chi connectivity index (χ2n) is 6.49. The van der Waals surface area contributed by atoms with Crippen LogP contribution in [0.25, 0.3) is 0 Å². The summed E-state index contributed by atoms with van der Waals surface area (Å²) in [5, 5.41) is 0. The maximum absolute atomic E-state index is 2.43. The highest BCUT2D eigenvalue weighted by Gasteiger charge is 2.39. The zero-order valence-corrected chi connectivity index (χ0v) is 11.6. The summed E-state index contributed by atoms with van der Waals surface area (Å²) >= 11 is 0. The van der Waals surface area contributed by atoms with Crippen molar-refractivity contribution in [3.8, 4) is 0 Å². The van der Waals surface area contributed by atoms with Crippen molar-refractivity contribution < 1.29 is 0 Å². The third kappa shape index (κ3) is 3.00. The quantitative estimate of drug-likeness (QED) is 0.574. The Kier molecular flexibility index (Phi) is 4.68. The molecule has 0 aromatic rings. The average Bonchev–Trinajstić information content (AvgIpc) is 2.02. The van der Waals surface area contributed by atoms with Gasteiger partial charge in [-0.3, -0.25) is 0 Å². The first-order chi connectivity index (χ1) is 6.15. The fourth-order valence-electron chi connectivity index (χ4n) is 2.12. The van der Waals surface area contributed by atoms with E-state index in [0.29, 0.717) is 10.8 Å². The Morgan fingerprint density at radius 3 is 1.64 bits per heavy atom. The number of hydrogen-bond acceptors (Lipinski definition) is 0. The second-order valence-corrected chi connectivity index (χ2v) is 6.49. The zero-order chi connectivity index (χ0) is 11.6. The van der Waals surface area contributed by atoms with E-state index >= 15 is 0 Å². The third-order valence-electron chi connectivity index (χ3n) is 4.69. The van der Waals surface area contributed by atoms with E-state index in [1.165, 1.54) is 12.8 Å². The molecule has 0 nitrogen and oxygen atoms in total. The smallest absolute Gasteiger partial charge is 0.0277 e. The maximum Gasteiger partial charge on any atom is -0.0277 e. The fourth-order valence-corrected chi connectivity index (χ4v) is 2.12. The molecule has 1 atom stereocenters. The van der Waals surface area contributed by atoms with Gasteiger partial charge in [0, 0.05) is 0 Å². The minimum atomic E-state index is 0.437. The lowest BCUT2D eigenvalue weighted by atomic mass is 9.59. The molecular formula is C14H30. The molecule has 14 heavy (non-hydrogen) atoms. The summed E-state index contributed by atoms with van der Waals surface area (Å²) < 4.78 is 0. The minimum absolute atomic E-state index is 0.437. The van der Waals surface area contributed by atoms with Gasteiger partial charge in [-0.1, -0.05) is 61.8 Å². The van der Waals surface area contributed by atoms with Gasteiger partial charge < -0.3 is 0 Å². The Labute approximate surface area is 91.5 Å². The van der Waals surface area contributed by atoms with Crippen LogP contribution in [0.15, 0.2) is 0 Å². The van der Waals surface area contributed by atoms with E-state index in [-0.39, 0.29) is 0 Å². The standard InChI is InChI=1S/C14H30/c1-9-13(5,6)14(7,8)12(4)10-11(2)3/h11-12H,9-10H2,1-8H3. The van der Waals surface area contributed by atoms with E-state index in [2.05, 4.69) is 55.4 Å². The Hall–Kier alpha value is 0. The largest absolute Gasteiger partial charge is 0.0649 e. The molecule has 0 N–H and O–H groups in total. The SMILES string of the molecule is CCC(C)(C)C(C)(C)C(C)CC(C)C. The van der Waals surface area contributed by atoms with Crippen LogP contribution in [-0.2, 0) is 0 Å². The first-order valence-corrected chi connectivity index (χ1v) is 6.15. The predicted molar refractivity (Wildman–Crippen MR) is 66.5 cm³/mol. The lowest BCUT2D eigenvalue weighted by Gasteiger charge is -2.46. The molecule has 0 heteroatoms. The van der Waals surface area contributed by atoms with Crippen LogP contribution < -0.4 is 0 Å². The molecule has 0 fully saturated rings. The molecule has 0 rings (SSSR count). The van der Waals surface area contributed by atoms with Crippen molar-refractivity contribution in [2.75, 3.05) is 0 Å². The van der Waals surface area contributed by atoms with Crippen molar-refractivity contribution in [1.82, 2.24) is 0 Å². The van der Waals surface area contributed by atoms with Crippen LogP contribution in [0.2, 0.25) is 0 Å². The molecule has 0 amide bonds. The van der Waals surface area contributed by atoms with Gasteiger partial charge in [-0.25, -0.2) is 0 Å². The first kappa shape index (κ1) is 14.0. The van der Waals surface area contributed by atoms with Gasteiger partial charge in [0.05, 0.1) is 0 Å². The summed E-state index contributed by atoms with van der Waals surface area (Å²) in [7, 11) is 0. The van der Waals surface area contributed by atoms with E-state index in [0.717, 1.165) is 11.8 Å². The molecule has 1 unspecified atom stereocenters. The van der Waals surface area contributed by atoms with Crippen LogP contribution in [0, 0.1) is 22.7 Å². The Morgan fingerprint density at radius 1 is 0.929 bits per heavy atom. The van der Waals surface area contributed by atoms with Gasteiger partial charge >= 0.3 is 0 Å². The van der Waals surface area contributed by atoms with E-state index < -0.39 is 0 Å². The molecule has 0 radical (unpaired) electrons. The third-order valence-corrected chi connectivity index (χ3v) is 4.69. The van der Waals surface area contributed by atoms with Crippen LogP contribution in [-0.4, -0.2) is 0 Å². The molecule has 0 saturated heterocycles. The molecule has 0 heterocycles. The van der Waals surface area contributed by atoms with Crippen LogP contribution in [0.5, 0.6) is 0 Å². The summed E-state index contributed by atoms with van der Waals surface area (Å²) in [5.74, 6) is 1.62. The van der Waals surface area contributed by atoms with Crippen LogP contribution in [0.1, 0.15) is 68.2 Å². The first-order valence-electron chi connectivity index (χ1n) is 6.15. The van der Waals surface area contributed by atoms with E-state index in [4.69, 9.17) is 0 Å². The molecule has 0 aliphatic carbocycles. The lowest BCUT2D eigenvalue weighted by molar-refractivity contribution is 0.0337. The Bertz CT molecular complexity index is 163. The summed E-state index contributed by atoms with van der Waals surface area (Å²) in [6.45, 7) is 19.1. The summed E-state index contributed by atoms with van der Waals surface area (Å²) in [6.07, 6.45) is 2.61. The highest BCUT2D eigenvalue weighted by Crippen LogP contribution is 2.48. The summed E-state index contributed by atoms with van der Waals surface area (Å²) in [5.41, 5.74) is 0.882. The van der Waals surface area contributed by atoms with Crippen LogP contribution >= 0.6 is 0 Å². The molecule has 0 saturated carbocycles. The van der Waals surface area contributed by atoms with E-state index in [9.17, 15) is 0 Å². The van der Waals surface area contributed by atoms with E-state index in [1.807, 2.05) is 0 Å². The molecule has 86 valence electrons. The van der Waals surface area contributed by atoms with Crippen molar-refractivity contribution in [2.45, 2.75) is 68.2 Å². The Balaban J connectivity index is 4.59. The zero-order valence-electron chi connectivity index (χ0n) is 11.6. The number of hydrogen-bond donors (Lipinski definition) is 0. The molecule has 0 aliphatic rings. The monoisotopic (exact) mass is 198 g/mol. The van der Waals surface area contributed by atoms with Gasteiger partial charge in [0.15, 0.2) is 0 Å². The van der Waals surface area contributed by atoms with Crippen molar-refractivity contribution >= 4 is 0 Å². The minimum Gasteiger partial charge on any atom is -0.0649 e. The van der Waals surface area contributed by atoms with Crippen molar-refractivity contribution in [1.29, 1.82) is 0 Å². The normalized spacial score (nSPS) is 16.1. The van der Waals surface area contributed by atoms with Crippen molar-refractivity contribution in [3.05, 3.63) is 0 Å². The highest BCUT2D eigenvalue weighted by atomic mass is 14.4. The topological polar surface area (TPSA) is 0 Å². The molecule has 0 aromatic carbocycles. The number of rotatable bonds is 5. The molecular weight excluding hydrogens is 168 g/mol. The Morgan fingerprint density at radius 2 is 1.36 bits per heavy atom. The predicted octanol–water partition coefficient (Wildman–Crippen LogP) is 5.13. The van der Waals surface area contributed by atoms with Crippen molar-refractivity contribution in [3.63, 3.8) is 0 Å². The van der Waals surface area contributed by atoms with Crippen LogP contribution in [0.4, 0.5) is 0 Å². The molecule has 0 bridgehead atoms. The summed E-state index contributed by atoms with van der Waals surface area (Å²) in [6, 6.07) is 0. The van der Waals surface area contributed by atoms with Crippen LogP contribution in [0.3, 0.4) is 0 Å². The average molecular weight is 198 g/mol. The van der Waals surface area contributed by atoms with Gasteiger partial charge in [-0.2, -0.15) is 0 Å². The second kappa shape index (κ2) is 4.68. The van der Waals surface area contributed by atoms with Gasteiger partial charge in [-0.15, -0.1) is 0 Å². The van der Waals surface area contributed by atoms with Crippen molar-refractivity contribution in [2.24, 2.45) is 22.7 Å². The highest BCUT2D eigenvalue weighted by molar-refractivity contribution is 4.89. The lowest BCUT2D eigenvalue weighted by Crippen LogP contribution is -2.38. The van der Waals surface area contributed by atoms with Gasteiger partial charge in [0.2, 0.25) is 0 Å². The molecule has 0 aromatic heterocycles.